The van der Waals surface area contributed by atoms with Crippen LogP contribution in [-0.4, -0.2) is 89.4 Å². The van der Waals surface area contributed by atoms with Crippen molar-refractivity contribution >= 4 is 35.4 Å². The number of piperazine rings is 1. The summed E-state index contributed by atoms with van der Waals surface area (Å²) in [5.74, 6) is -2.28. The van der Waals surface area contributed by atoms with Gasteiger partial charge in [0.15, 0.2) is 0 Å². The first-order valence-corrected chi connectivity index (χ1v) is 13.0. The summed E-state index contributed by atoms with van der Waals surface area (Å²) in [6.07, 6.45) is 1.17. The second-order valence-electron chi connectivity index (χ2n) is 9.96. The summed E-state index contributed by atoms with van der Waals surface area (Å²) >= 11 is 0. The highest BCUT2D eigenvalue weighted by molar-refractivity contribution is 6.35. The van der Waals surface area contributed by atoms with E-state index in [-0.39, 0.29) is 42.6 Å². The molecule has 0 aliphatic carbocycles. The number of rotatable bonds is 5. The average Bonchev–Trinajstić information content (AvgIpc) is 3.20. The number of carbonyl (C=O) groups is 6. The molecule has 0 spiro atoms. The molecule has 5 rings (SSSR count). The van der Waals surface area contributed by atoms with Crippen LogP contribution in [-0.2, 0) is 20.9 Å². The lowest BCUT2D eigenvalue weighted by atomic mass is 9.96. The van der Waals surface area contributed by atoms with Crippen molar-refractivity contribution in [1.29, 1.82) is 0 Å². The number of imide groups is 1. The fourth-order valence-corrected chi connectivity index (χ4v) is 5.14. The number of nitrogens with zero attached hydrogens (tertiary/aromatic N) is 3. The number of nitrogens with one attached hydrogen (secondary N) is 2. The molecule has 202 valence electrons. The molecule has 0 unspecified atom stereocenters. The predicted octanol–water partition coefficient (Wildman–Crippen LogP) is 0.410. The highest BCUT2D eigenvalue weighted by Gasteiger charge is 2.37. The fraction of sp³-hybridized carbons (Fsp3) is 0.357. The molecule has 3 aliphatic rings. The SMILES string of the molecule is O=C1CN(C(=O)c2ccc(CNC(=O)C(=O)N3CCC(CN4C(=O)c5ccccc5C4=O)CC3)cc2)CCN1. The van der Waals surface area contributed by atoms with Crippen molar-refractivity contribution in [2.24, 2.45) is 5.92 Å². The average molecular weight is 532 g/mol. The third-order valence-corrected chi connectivity index (χ3v) is 7.39. The van der Waals surface area contributed by atoms with Crippen molar-refractivity contribution in [3.05, 3.63) is 70.8 Å². The first-order valence-electron chi connectivity index (χ1n) is 13.0. The van der Waals surface area contributed by atoms with Crippen molar-refractivity contribution in [2.45, 2.75) is 19.4 Å². The van der Waals surface area contributed by atoms with Crippen LogP contribution in [0.4, 0.5) is 0 Å². The minimum absolute atomic E-state index is 0.0266. The van der Waals surface area contributed by atoms with Crippen molar-refractivity contribution < 1.29 is 28.8 Å². The van der Waals surface area contributed by atoms with Crippen molar-refractivity contribution in [2.75, 3.05) is 39.3 Å². The molecule has 2 aromatic carbocycles. The van der Waals surface area contributed by atoms with Crippen LogP contribution in [0.1, 0.15) is 49.5 Å². The maximum atomic E-state index is 12.7. The van der Waals surface area contributed by atoms with Crippen molar-refractivity contribution in [3.63, 3.8) is 0 Å². The van der Waals surface area contributed by atoms with Gasteiger partial charge in [0.25, 0.3) is 17.7 Å². The Morgan fingerprint density at radius 1 is 0.846 bits per heavy atom. The monoisotopic (exact) mass is 531 g/mol. The molecule has 2 aromatic rings. The van der Waals surface area contributed by atoms with E-state index in [1.165, 1.54) is 14.7 Å². The molecule has 0 aromatic heterocycles. The van der Waals surface area contributed by atoms with Crippen LogP contribution in [0, 0.1) is 5.92 Å². The summed E-state index contributed by atoms with van der Waals surface area (Å²) in [4.78, 5) is 78.8. The molecule has 3 heterocycles. The second kappa shape index (κ2) is 11.1. The van der Waals surface area contributed by atoms with Crippen LogP contribution < -0.4 is 10.6 Å². The zero-order valence-corrected chi connectivity index (χ0v) is 21.4. The fourth-order valence-electron chi connectivity index (χ4n) is 5.14. The van der Waals surface area contributed by atoms with E-state index >= 15 is 0 Å². The van der Waals surface area contributed by atoms with Gasteiger partial charge in [-0.1, -0.05) is 24.3 Å². The van der Waals surface area contributed by atoms with Gasteiger partial charge in [0.1, 0.15) is 0 Å². The Bertz CT molecular complexity index is 1300. The van der Waals surface area contributed by atoms with Gasteiger partial charge in [0.2, 0.25) is 5.91 Å². The Balaban J connectivity index is 1.07. The van der Waals surface area contributed by atoms with Crippen LogP contribution >= 0.6 is 0 Å². The minimum Gasteiger partial charge on any atom is -0.353 e. The summed E-state index contributed by atoms with van der Waals surface area (Å²) in [6, 6.07) is 13.4. The Hall–Kier alpha value is -4.54. The molecule has 0 bridgehead atoms. The molecule has 0 saturated carbocycles. The predicted molar refractivity (Wildman–Crippen MR) is 138 cm³/mol. The molecule has 2 saturated heterocycles. The largest absolute Gasteiger partial charge is 0.353 e. The third-order valence-electron chi connectivity index (χ3n) is 7.39. The van der Waals surface area contributed by atoms with E-state index in [2.05, 4.69) is 10.6 Å². The van der Waals surface area contributed by atoms with Crippen molar-refractivity contribution in [1.82, 2.24) is 25.3 Å². The van der Waals surface area contributed by atoms with E-state index in [9.17, 15) is 28.8 Å². The second-order valence-corrected chi connectivity index (χ2v) is 9.96. The number of benzene rings is 2. The van der Waals surface area contributed by atoms with Crippen LogP contribution in [0.3, 0.4) is 0 Å². The van der Waals surface area contributed by atoms with Gasteiger partial charge in [-0.25, -0.2) is 0 Å². The van der Waals surface area contributed by atoms with Crippen LogP contribution in [0.25, 0.3) is 0 Å². The molecule has 39 heavy (non-hydrogen) atoms. The van der Waals surface area contributed by atoms with Gasteiger partial charge in [0.05, 0.1) is 17.7 Å². The topological polar surface area (TPSA) is 136 Å². The van der Waals surface area contributed by atoms with Crippen LogP contribution in [0.5, 0.6) is 0 Å². The normalized spacial score (nSPS) is 17.6. The van der Waals surface area contributed by atoms with Gasteiger partial charge in [-0.2, -0.15) is 0 Å². The van der Waals surface area contributed by atoms with Gasteiger partial charge in [0, 0.05) is 44.8 Å². The molecule has 0 radical (unpaired) electrons. The number of likely N-dealkylation sites (tertiary alicyclic amines) is 1. The molecule has 0 atom stereocenters. The van der Waals surface area contributed by atoms with Crippen LogP contribution in [0.2, 0.25) is 0 Å². The molecule has 3 aliphatic heterocycles. The molecule has 11 nitrogen and oxygen atoms in total. The molecule has 2 fully saturated rings. The quantitative estimate of drug-likeness (QED) is 0.424. The molecule has 2 N–H and O–H groups in total. The number of piperidine rings is 1. The molecular formula is C28H29N5O6. The molecule has 6 amide bonds. The minimum atomic E-state index is -0.715. The number of carbonyl (C=O) groups excluding carboxylic acids is 6. The Morgan fingerprint density at radius 2 is 1.49 bits per heavy atom. The highest BCUT2D eigenvalue weighted by Crippen LogP contribution is 2.26. The van der Waals surface area contributed by atoms with E-state index in [0.717, 1.165) is 5.56 Å². The van der Waals surface area contributed by atoms with Gasteiger partial charge in [-0.3, -0.25) is 33.7 Å². The highest BCUT2D eigenvalue weighted by atomic mass is 16.2. The van der Waals surface area contributed by atoms with Crippen molar-refractivity contribution in [3.8, 4) is 0 Å². The summed E-state index contributed by atoms with van der Waals surface area (Å²) in [6.45, 7) is 2.05. The van der Waals surface area contributed by atoms with E-state index in [1.54, 1.807) is 48.5 Å². The smallest absolute Gasteiger partial charge is 0.311 e. The zero-order chi connectivity index (χ0) is 27.5. The Kier molecular flexibility index (Phi) is 7.40. The van der Waals surface area contributed by atoms with E-state index in [4.69, 9.17) is 0 Å². The Morgan fingerprint density at radius 3 is 2.10 bits per heavy atom. The van der Waals surface area contributed by atoms with Gasteiger partial charge >= 0.3 is 11.8 Å². The maximum Gasteiger partial charge on any atom is 0.311 e. The third kappa shape index (κ3) is 5.52. The van der Waals surface area contributed by atoms with Gasteiger partial charge in [-0.15, -0.1) is 0 Å². The first-order chi connectivity index (χ1) is 18.8. The number of fused-ring (bicyclic) bond motifs is 1. The summed E-state index contributed by atoms with van der Waals surface area (Å²) in [5, 5.41) is 5.31. The number of hydrogen-bond donors (Lipinski definition) is 2. The van der Waals surface area contributed by atoms with Crippen LogP contribution in [0.15, 0.2) is 48.5 Å². The standard InChI is InChI=1S/C28H29N5O6/c34-23-17-32(14-11-29-23)25(36)20-7-5-18(6-8-20)15-30-24(35)28(39)31-12-9-19(10-13-31)16-33-26(37)21-3-1-2-4-22(21)27(33)38/h1-8,19H,9-17H2,(H,29,34)(H,30,35). The van der Waals surface area contributed by atoms with E-state index in [0.29, 0.717) is 62.3 Å². The summed E-state index contributed by atoms with van der Waals surface area (Å²) in [5.41, 5.74) is 2.01. The first kappa shape index (κ1) is 26.1. The molecular weight excluding hydrogens is 502 g/mol. The van der Waals surface area contributed by atoms with Gasteiger partial charge in [-0.05, 0) is 48.6 Å². The maximum absolute atomic E-state index is 12.7. The zero-order valence-electron chi connectivity index (χ0n) is 21.4. The van der Waals surface area contributed by atoms with Gasteiger partial charge < -0.3 is 20.4 Å². The Labute approximate surface area is 225 Å². The van der Waals surface area contributed by atoms with E-state index in [1.807, 2.05) is 0 Å². The number of amides is 6. The summed E-state index contributed by atoms with van der Waals surface area (Å²) < 4.78 is 0. The lowest BCUT2D eigenvalue weighted by Gasteiger charge is -2.33. The van der Waals surface area contributed by atoms with E-state index < -0.39 is 11.8 Å². The lowest BCUT2D eigenvalue weighted by Crippen LogP contribution is -2.49. The summed E-state index contributed by atoms with van der Waals surface area (Å²) in [7, 11) is 0. The number of hydrogen-bond acceptors (Lipinski definition) is 6. The lowest BCUT2D eigenvalue weighted by molar-refractivity contribution is -0.146. The molecule has 11 heteroatoms.